The van der Waals surface area contributed by atoms with Crippen molar-refractivity contribution >= 4 is 22.5 Å². The molecular formula is C28H33N3O4S. The third kappa shape index (κ3) is 6.72. The van der Waals surface area contributed by atoms with Crippen LogP contribution in [0, 0.1) is 0 Å². The van der Waals surface area contributed by atoms with Crippen LogP contribution in [0.3, 0.4) is 0 Å². The number of anilines is 1. The quantitative estimate of drug-likeness (QED) is 0.471. The van der Waals surface area contributed by atoms with Crippen molar-refractivity contribution in [3.63, 3.8) is 0 Å². The van der Waals surface area contributed by atoms with Gasteiger partial charge in [-0.3, -0.25) is 9.10 Å². The second-order valence-electron chi connectivity index (χ2n) is 9.77. The van der Waals surface area contributed by atoms with Crippen molar-refractivity contribution in [2.45, 2.75) is 44.4 Å². The van der Waals surface area contributed by atoms with Crippen molar-refractivity contribution in [3.05, 3.63) is 101 Å². The van der Waals surface area contributed by atoms with Crippen LogP contribution in [0.2, 0.25) is 0 Å². The van der Waals surface area contributed by atoms with Gasteiger partial charge in [-0.2, -0.15) is 0 Å². The smallest absolute Gasteiger partial charge is 0.251 e. The van der Waals surface area contributed by atoms with Gasteiger partial charge in [0, 0.05) is 18.2 Å². The Balaban J connectivity index is 1.73. The molecule has 3 N–H and O–H groups in total. The molecule has 3 aromatic rings. The first-order valence-electron chi connectivity index (χ1n) is 12.0. The third-order valence-corrected chi connectivity index (χ3v) is 7.11. The Bertz CT molecular complexity index is 1280. The number of carbonyl (C=O) groups excluding carboxylic acids is 1. The van der Waals surface area contributed by atoms with Crippen LogP contribution in [0.4, 0.5) is 5.69 Å². The lowest BCUT2D eigenvalue weighted by Crippen LogP contribution is -2.43. The Labute approximate surface area is 214 Å². The van der Waals surface area contributed by atoms with Crippen LogP contribution in [-0.4, -0.2) is 33.5 Å². The molecule has 0 spiro atoms. The predicted octanol–water partition coefficient (Wildman–Crippen LogP) is 3.54. The Morgan fingerprint density at radius 3 is 2.50 bits per heavy atom. The Kier molecular flexibility index (Phi) is 8.08. The number of hydrogen-bond acceptors (Lipinski definition) is 5. The van der Waals surface area contributed by atoms with Gasteiger partial charge in [0.25, 0.3) is 5.91 Å². The van der Waals surface area contributed by atoms with Crippen molar-refractivity contribution in [2.75, 3.05) is 18.0 Å². The maximum atomic E-state index is 13.4. The van der Waals surface area contributed by atoms with Gasteiger partial charge in [0.2, 0.25) is 10.9 Å². The topological polar surface area (TPSA) is 102 Å². The van der Waals surface area contributed by atoms with Crippen molar-refractivity contribution in [1.82, 2.24) is 5.32 Å². The van der Waals surface area contributed by atoms with Gasteiger partial charge < -0.3 is 15.8 Å². The standard InChI is InChI=1S/C28H33N3O4S/c1-28(29)17-21-8-6-7-20(13-21)11-12-26(23-9-4-3-5-10-23)30-27(32)24-14-22(18-35-19-28)15-25(16-24)31(2)36(33)34/h3-10,13-16,26,36H,11-12,17-19,29H2,1-2H3,(H,30,32). The van der Waals surface area contributed by atoms with Crippen molar-refractivity contribution in [1.29, 1.82) is 0 Å². The van der Waals surface area contributed by atoms with Crippen molar-refractivity contribution in [2.24, 2.45) is 5.73 Å². The molecule has 1 amide bonds. The average Bonchev–Trinajstić information content (AvgIpc) is 2.85. The molecule has 0 aliphatic carbocycles. The SMILES string of the molecule is CN(c1cc2cc(c1)C(=O)NC(c1ccccc1)CCc1cccc(c1)CC(C)(N)COC2)[SH](=O)=O. The van der Waals surface area contributed by atoms with Crippen molar-refractivity contribution < 1.29 is 17.9 Å². The molecular weight excluding hydrogens is 474 g/mol. The molecule has 0 fully saturated rings. The molecule has 7 nitrogen and oxygen atoms in total. The number of rotatable bonds is 3. The summed E-state index contributed by atoms with van der Waals surface area (Å²) in [5, 5.41) is 3.17. The van der Waals surface area contributed by atoms with Gasteiger partial charge in [0.1, 0.15) is 0 Å². The lowest BCUT2D eigenvalue weighted by atomic mass is 9.92. The number of aryl methyl sites for hydroxylation is 1. The molecule has 190 valence electrons. The highest BCUT2D eigenvalue weighted by Gasteiger charge is 2.22. The second-order valence-corrected chi connectivity index (χ2v) is 10.8. The van der Waals surface area contributed by atoms with Crippen LogP contribution in [0.25, 0.3) is 0 Å². The number of amides is 1. The molecule has 1 aliphatic rings. The maximum Gasteiger partial charge on any atom is 0.251 e. The van der Waals surface area contributed by atoms with E-state index in [-0.39, 0.29) is 18.6 Å². The highest BCUT2D eigenvalue weighted by Crippen LogP contribution is 2.24. The van der Waals surface area contributed by atoms with Gasteiger partial charge in [0.05, 0.1) is 24.9 Å². The summed E-state index contributed by atoms with van der Waals surface area (Å²) in [6.07, 6.45) is 2.14. The first-order valence-corrected chi connectivity index (χ1v) is 13.2. The van der Waals surface area contributed by atoms with Crippen LogP contribution < -0.4 is 15.4 Å². The van der Waals surface area contributed by atoms with Crippen LogP contribution in [0.5, 0.6) is 0 Å². The lowest BCUT2D eigenvalue weighted by Gasteiger charge is -2.26. The number of nitrogens with one attached hydrogen (secondary N) is 1. The van der Waals surface area contributed by atoms with E-state index in [0.29, 0.717) is 36.3 Å². The molecule has 0 aromatic heterocycles. The molecule has 2 unspecified atom stereocenters. The highest BCUT2D eigenvalue weighted by atomic mass is 32.2. The number of hydrogen-bond donors (Lipinski definition) is 3. The monoisotopic (exact) mass is 507 g/mol. The number of thiol groups is 1. The fourth-order valence-corrected chi connectivity index (χ4v) is 4.85. The first kappa shape index (κ1) is 25.9. The summed E-state index contributed by atoms with van der Waals surface area (Å²) in [6.45, 7) is 2.47. The summed E-state index contributed by atoms with van der Waals surface area (Å²) >= 11 is 0. The van der Waals surface area contributed by atoms with Gasteiger partial charge in [-0.15, -0.1) is 0 Å². The van der Waals surface area contributed by atoms with Crippen LogP contribution in [-0.2, 0) is 35.1 Å². The first-order chi connectivity index (χ1) is 17.2. The zero-order chi connectivity index (χ0) is 25.7. The summed E-state index contributed by atoms with van der Waals surface area (Å²) in [5.41, 5.74) is 10.8. The predicted molar refractivity (Wildman–Crippen MR) is 143 cm³/mol. The summed E-state index contributed by atoms with van der Waals surface area (Å²) in [4.78, 5) is 13.4. The summed E-state index contributed by atoms with van der Waals surface area (Å²) in [5.74, 6) is -0.272. The summed E-state index contributed by atoms with van der Waals surface area (Å²) < 4.78 is 30.4. The van der Waals surface area contributed by atoms with Gasteiger partial charge in [-0.1, -0.05) is 54.6 Å². The van der Waals surface area contributed by atoms with Crippen LogP contribution in [0.15, 0.2) is 72.8 Å². The largest absolute Gasteiger partial charge is 0.375 e. The summed E-state index contributed by atoms with van der Waals surface area (Å²) in [7, 11) is -1.40. The van der Waals surface area contributed by atoms with Crippen molar-refractivity contribution in [3.8, 4) is 0 Å². The number of nitrogens with zero attached hydrogens (tertiary/aromatic N) is 1. The summed E-state index contributed by atoms with van der Waals surface area (Å²) in [6, 6.07) is 23.1. The number of fused-ring (bicyclic) bond motifs is 4. The fraction of sp³-hybridized carbons (Fsp3) is 0.321. The molecule has 4 bridgehead atoms. The lowest BCUT2D eigenvalue weighted by molar-refractivity contribution is 0.0789. The minimum Gasteiger partial charge on any atom is -0.375 e. The molecule has 36 heavy (non-hydrogen) atoms. The third-order valence-electron chi connectivity index (χ3n) is 6.39. The highest BCUT2D eigenvalue weighted by molar-refractivity contribution is 7.74. The Hall–Kier alpha value is -3.20. The van der Waals surface area contributed by atoms with Crippen LogP contribution in [0.1, 0.15) is 52.0 Å². The van der Waals surface area contributed by atoms with E-state index >= 15 is 0 Å². The van der Waals surface area contributed by atoms with E-state index in [1.54, 1.807) is 18.2 Å². The van der Waals surface area contributed by atoms with E-state index in [4.69, 9.17) is 10.5 Å². The zero-order valence-electron chi connectivity index (χ0n) is 20.6. The van der Waals surface area contributed by atoms with Gasteiger partial charge in [-0.25, -0.2) is 8.42 Å². The number of nitrogens with two attached hydrogens (primary N) is 1. The molecule has 1 aliphatic heterocycles. The molecule has 8 heteroatoms. The van der Waals surface area contributed by atoms with E-state index in [1.165, 1.54) is 12.6 Å². The number of carbonyl (C=O) groups is 1. The minimum atomic E-state index is -2.85. The molecule has 1 heterocycles. The van der Waals surface area contributed by atoms with Gasteiger partial charge in [-0.05, 0) is 66.6 Å². The fourth-order valence-electron chi connectivity index (χ4n) is 4.54. The molecule has 4 rings (SSSR count). The van der Waals surface area contributed by atoms with E-state index in [2.05, 4.69) is 23.5 Å². The average molecular weight is 508 g/mol. The molecule has 2 atom stereocenters. The molecule has 0 saturated carbocycles. The minimum absolute atomic E-state index is 0.201. The molecule has 0 radical (unpaired) electrons. The number of benzene rings is 3. The van der Waals surface area contributed by atoms with Gasteiger partial charge >= 0.3 is 0 Å². The molecule has 0 saturated heterocycles. The Morgan fingerprint density at radius 1 is 1.00 bits per heavy atom. The number of ether oxygens (including phenoxy) is 1. The van der Waals surface area contributed by atoms with Crippen LogP contribution >= 0.6 is 0 Å². The van der Waals surface area contributed by atoms with E-state index < -0.39 is 16.4 Å². The zero-order valence-corrected chi connectivity index (χ0v) is 21.5. The van der Waals surface area contributed by atoms with E-state index in [9.17, 15) is 13.2 Å². The van der Waals surface area contributed by atoms with Gasteiger partial charge in [0.15, 0.2) is 0 Å². The van der Waals surface area contributed by atoms with E-state index in [0.717, 1.165) is 21.9 Å². The normalized spacial score (nSPS) is 21.1. The maximum absolute atomic E-state index is 13.4. The van der Waals surface area contributed by atoms with E-state index in [1.807, 2.05) is 43.3 Å². The molecule has 3 aromatic carbocycles. The second kappa shape index (κ2) is 11.2. The Morgan fingerprint density at radius 2 is 1.75 bits per heavy atom.